The number of cyclic esters (lactones) is 2. The van der Waals surface area contributed by atoms with Crippen LogP contribution in [0.15, 0.2) is 0 Å². The maximum absolute atomic E-state index is 13.6. The van der Waals surface area contributed by atoms with Crippen molar-refractivity contribution in [1.29, 1.82) is 0 Å². The molecule has 0 saturated carbocycles. The van der Waals surface area contributed by atoms with Crippen LogP contribution in [0.3, 0.4) is 0 Å². The number of carbonyl (C=O) groups is 3. The molecular weight excluding hydrogens is 1520 g/mol. The van der Waals surface area contributed by atoms with E-state index < -0.39 is 211 Å². The van der Waals surface area contributed by atoms with Crippen molar-refractivity contribution in [2.75, 3.05) is 54.4 Å². The average Bonchev–Trinajstić information content (AvgIpc) is 0.834. The van der Waals surface area contributed by atoms with Gasteiger partial charge in [0.25, 0.3) is 0 Å². The van der Waals surface area contributed by atoms with E-state index >= 15 is 0 Å². The summed E-state index contributed by atoms with van der Waals surface area (Å²) in [7, 11) is 4.21. The molecule has 0 aromatic carbocycles. The smallest absolute Gasteiger partial charge is 0.308 e. The molecule has 33 heteroatoms. The van der Waals surface area contributed by atoms with Crippen molar-refractivity contribution in [1.82, 2.24) is 0 Å². The average molecular weight is 1680 g/mol. The molecule has 0 spiro atoms. The van der Waals surface area contributed by atoms with Crippen molar-refractivity contribution < 1.29 is 162 Å². The monoisotopic (exact) mass is 1680 g/mol. The summed E-state index contributed by atoms with van der Waals surface area (Å²) in [4.78, 5) is 38.7. The molecule has 0 aliphatic carbocycles. The van der Waals surface area contributed by atoms with Gasteiger partial charge in [-0.15, -0.1) is 0 Å². The molecule has 680 valence electrons. The van der Waals surface area contributed by atoms with Crippen LogP contribution in [0.25, 0.3) is 0 Å². The molecule has 6 rings (SSSR count). The van der Waals surface area contributed by atoms with E-state index in [0.29, 0.717) is 44.9 Å². The Kier molecular flexibility index (Phi) is 50.3. The first-order valence-electron chi connectivity index (χ1n) is 43.8. The Morgan fingerprint density at radius 2 is 0.629 bits per heavy atom. The third kappa shape index (κ3) is 34.9. The van der Waals surface area contributed by atoms with Crippen LogP contribution in [0.1, 0.15) is 271 Å². The SMILES string of the molecule is COC1C(OC(C)CCCCCC(CCCCCCCCCCCCCCCC2CC(=O)OCC3OC(OC(CCCCCCCCCCCCCC(CCCCCC(C)=O)OC4OC(CO)C(O)C(O)C4OC)CC(=O)OCC4OC(O2)C(O)C(O)C4O)C(O)C(O)C3O)OC2OC(CO)C(O)C(O)C2OC)OC(CO)C(O)C1O. The molecule has 0 aromatic heterocycles. The van der Waals surface area contributed by atoms with Crippen LogP contribution < -0.4 is 0 Å². The molecule has 15 N–H and O–H groups in total. The van der Waals surface area contributed by atoms with Gasteiger partial charge in [-0.2, -0.15) is 0 Å². The fourth-order valence-electron chi connectivity index (χ4n) is 16.4. The number of methoxy groups -OCH3 is 3. The van der Waals surface area contributed by atoms with Gasteiger partial charge in [0, 0.05) is 27.8 Å². The second-order valence-corrected chi connectivity index (χ2v) is 33.1. The van der Waals surface area contributed by atoms with Gasteiger partial charge in [0.1, 0.15) is 141 Å². The standard InChI is InChI=1S/C83H150O33/c1-51(87)36-28-26-34-40-53(108-82-77(103-4)72(98)65(91)58(47-85)113-82)38-30-22-19-15-12-9-13-17-21-25-33-43-56-45-63(89)106-50-60-67(93)69(95)74(100)79(115-60)110-55(44-62(88)105-49-61-68(94)70(96)75(101)80(111-56)116-61)42-32-24-20-16-11-8-6-7-10-14-18-23-31-39-54(109-83-78(104-5)73(99)66(92)59(48-86)114-83)41-35-27-29-37-52(2)107-81-76(102-3)71(97)64(90)57(46-84)112-81/h52-61,64-86,90-101H,6-50H2,1-5H3. The van der Waals surface area contributed by atoms with E-state index in [0.717, 1.165) is 199 Å². The minimum absolute atomic E-state index is 0.153. The van der Waals surface area contributed by atoms with E-state index in [9.17, 15) is 91.0 Å². The van der Waals surface area contributed by atoms with Gasteiger partial charge in [-0.05, 0) is 65.2 Å². The highest BCUT2D eigenvalue weighted by Crippen LogP contribution is 2.34. The summed E-state index contributed by atoms with van der Waals surface area (Å²) in [6.07, 6.45) is -3.53. The number of Topliss-reactive ketones (excluding diaryl/α,β-unsaturated/α-hetero) is 1. The first-order valence-corrected chi connectivity index (χ1v) is 43.8. The number of rotatable bonds is 54. The maximum atomic E-state index is 13.6. The first-order chi connectivity index (χ1) is 55.9. The van der Waals surface area contributed by atoms with Crippen LogP contribution in [0.4, 0.5) is 0 Å². The third-order valence-corrected chi connectivity index (χ3v) is 23.7. The van der Waals surface area contributed by atoms with Gasteiger partial charge in [-0.25, -0.2) is 0 Å². The highest BCUT2D eigenvalue weighted by Gasteiger charge is 2.51. The number of esters is 2. The van der Waals surface area contributed by atoms with Crippen molar-refractivity contribution in [2.45, 2.75) is 455 Å². The highest BCUT2D eigenvalue weighted by atomic mass is 16.8. The Morgan fingerprint density at radius 1 is 0.345 bits per heavy atom. The minimum Gasteiger partial charge on any atom is -0.463 e. The van der Waals surface area contributed by atoms with Crippen molar-refractivity contribution in [3.05, 3.63) is 0 Å². The predicted molar refractivity (Wildman–Crippen MR) is 416 cm³/mol. The van der Waals surface area contributed by atoms with Gasteiger partial charge >= 0.3 is 11.9 Å². The zero-order valence-electron chi connectivity index (χ0n) is 69.7. The number of aliphatic hydroxyl groups is 15. The van der Waals surface area contributed by atoms with Crippen molar-refractivity contribution in [2.24, 2.45) is 0 Å². The quantitative estimate of drug-likeness (QED) is 0.0300. The molecule has 30 unspecified atom stereocenters. The number of carbonyl (C=O) groups excluding carboxylic acids is 3. The van der Waals surface area contributed by atoms with E-state index in [-0.39, 0.29) is 36.9 Å². The number of ether oxygens (including phenoxy) is 15. The number of aliphatic hydroxyl groups excluding tert-OH is 15. The van der Waals surface area contributed by atoms with E-state index in [1.165, 1.54) is 21.3 Å². The molecule has 0 amide bonds. The Balaban J connectivity index is 0.872. The summed E-state index contributed by atoms with van der Waals surface area (Å²) >= 11 is 0. The molecule has 6 aliphatic rings. The second kappa shape index (κ2) is 57.1. The Hall–Kier alpha value is -2.51. The van der Waals surface area contributed by atoms with Gasteiger partial charge in [0.2, 0.25) is 0 Å². The van der Waals surface area contributed by atoms with Crippen LogP contribution >= 0.6 is 0 Å². The van der Waals surface area contributed by atoms with Gasteiger partial charge in [-0.1, -0.05) is 186 Å². The summed E-state index contributed by atoms with van der Waals surface area (Å²) in [5, 5.41) is 159. The minimum atomic E-state index is -1.77. The zero-order chi connectivity index (χ0) is 84.5. The number of fused-ring (bicyclic) bond motifs is 4. The maximum Gasteiger partial charge on any atom is 0.308 e. The molecule has 4 bridgehead atoms. The van der Waals surface area contributed by atoms with E-state index in [2.05, 4.69) is 0 Å². The summed E-state index contributed by atoms with van der Waals surface area (Å²) in [5.74, 6) is -1.39. The summed E-state index contributed by atoms with van der Waals surface area (Å²) in [6, 6.07) is 0. The van der Waals surface area contributed by atoms with Gasteiger partial charge in [-0.3, -0.25) is 9.59 Å². The van der Waals surface area contributed by atoms with Crippen LogP contribution in [0.5, 0.6) is 0 Å². The predicted octanol–water partition coefficient (Wildman–Crippen LogP) is 4.20. The lowest BCUT2D eigenvalue weighted by molar-refractivity contribution is -0.316. The number of unbranched alkanes of at least 4 members (excludes halogenated alkanes) is 26. The molecule has 0 radical (unpaired) electrons. The van der Waals surface area contributed by atoms with Crippen molar-refractivity contribution >= 4 is 17.7 Å². The molecule has 6 saturated heterocycles. The fraction of sp³-hybridized carbons (Fsp3) is 0.964. The van der Waals surface area contributed by atoms with Gasteiger partial charge in [0.05, 0.1) is 63.2 Å². The first kappa shape index (κ1) is 102. The highest BCUT2D eigenvalue weighted by molar-refractivity contribution is 5.75. The third-order valence-electron chi connectivity index (χ3n) is 23.7. The van der Waals surface area contributed by atoms with Gasteiger partial charge in [0.15, 0.2) is 31.5 Å². The summed E-state index contributed by atoms with van der Waals surface area (Å²) in [6.45, 7) is 0.888. The molecule has 6 fully saturated rings. The molecule has 6 aliphatic heterocycles. The molecule has 33 nitrogen and oxygen atoms in total. The van der Waals surface area contributed by atoms with Gasteiger partial charge < -0.3 is 152 Å². The topological polar surface area (TPSA) is 493 Å². The van der Waals surface area contributed by atoms with Crippen LogP contribution in [0, 0.1) is 0 Å². The second-order valence-electron chi connectivity index (χ2n) is 33.1. The summed E-state index contributed by atoms with van der Waals surface area (Å²) in [5.41, 5.74) is 0. The normalized spacial score (nSPS) is 35.3. The Labute approximate surface area is 686 Å². The van der Waals surface area contributed by atoms with Crippen LogP contribution in [-0.4, -0.2) is 333 Å². The number of ketones is 1. The summed E-state index contributed by atoms with van der Waals surface area (Å²) < 4.78 is 88.2. The molecular formula is C83H150O33. The lowest BCUT2D eigenvalue weighted by Gasteiger charge is -2.42. The number of hydrogen-bond donors (Lipinski definition) is 15. The van der Waals surface area contributed by atoms with E-state index in [1.54, 1.807) is 6.92 Å². The lowest BCUT2D eigenvalue weighted by atomic mass is 9.98. The van der Waals surface area contributed by atoms with Crippen LogP contribution in [0.2, 0.25) is 0 Å². The molecule has 0 aromatic rings. The van der Waals surface area contributed by atoms with E-state index in [4.69, 9.17) is 71.1 Å². The van der Waals surface area contributed by atoms with Crippen molar-refractivity contribution in [3.8, 4) is 0 Å². The lowest BCUT2D eigenvalue weighted by Crippen LogP contribution is -2.60. The van der Waals surface area contributed by atoms with Crippen molar-refractivity contribution in [3.63, 3.8) is 0 Å². The van der Waals surface area contributed by atoms with Crippen LogP contribution in [-0.2, 0) is 85.4 Å². The zero-order valence-corrected chi connectivity index (χ0v) is 69.7. The van der Waals surface area contributed by atoms with E-state index in [1.807, 2.05) is 6.92 Å². The number of hydrogen-bond acceptors (Lipinski definition) is 33. The Morgan fingerprint density at radius 3 is 0.940 bits per heavy atom. The molecule has 30 atom stereocenters. The fourth-order valence-corrected chi connectivity index (χ4v) is 16.4. The molecule has 116 heavy (non-hydrogen) atoms. The Bertz CT molecular complexity index is 2570. The largest absolute Gasteiger partial charge is 0.463 e. The molecule has 6 heterocycles.